The smallest absolute Gasteiger partial charge is 0.309 e. The van der Waals surface area contributed by atoms with Crippen LogP contribution in [0.1, 0.15) is 28.4 Å². The van der Waals surface area contributed by atoms with Crippen molar-refractivity contribution in [2.24, 2.45) is 11.8 Å². The van der Waals surface area contributed by atoms with E-state index in [0.29, 0.717) is 5.56 Å². The second kappa shape index (κ2) is 6.77. The van der Waals surface area contributed by atoms with Gasteiger partial charge in [-0.15, -0.1) is 0 Å². The maximum Gasteiger partial charge on any atom is 0.392 e. The Labute approximate surface area is 138 Å². The number of ketones is 1. The molecule has 1 aliphatic heterocycles. The topological polar surface area (TPSA) is 29.1 Å². The summed E-state index contributed by atoms with van der Waals surface area (Å²) >= 11 is 0. The Balaban J connectivity index is 1.85. The molecule has 0 bridgehead atoms. The van der Waals surface area contributed by atoms with Crippen molar-refractivity contribution in [3.05, 3.63) is 71.8 Å². The Kier molecular flexibility index (Phi) is 4.71. The summed E-state index contributed by atoms with van der Waals surface area (Å²) in [4.78, 5) is 12.6. The first-order valence-corrected chi connectivity index (χ1v) is 7.91. The fourth-order valence-corrected chi connectivity index (χ4v) is 3.31. The molecule has 1 aliphatic rings. The number of piperidine rings is 1. The first-order chi connectivity index (χ1) is 11.5. The van der Waals surface area contributed by atoms with Gasteiger partial charge < -0.3 is 5.32 Å². The van der Waals surface area contributed by atoms with Crippen LogP contribution in [0.15, 0.2) is 60.7 Å². The Bertz CT molecular complexity index is 685. The maximum absolute atomic E-state index is 13.6. The van der Waals surface area contributed by atoms with Gasteiger partial charge in [0.15, 0.2) is 5.78 Å². The van der Waals surface area contributed by atoms with Gasteiger partial charge in [-0.1, -0.05) is 60.7 Å². The van der Waals surface area contributed by atoms with Gasteiger partial charge >= 0.3 is 6.18 Å². The van der Waals surface area contributed by atoms with Crippen LogP contribution in [0.4, 0.5) is 13.2 Å². The van der Waals surface area contributed by atoms with Gasteiger partial charge in [-0.3, -0.25) is 4.79 Å². The molecule has 2 nitrogen and oxygen atoms in total. The van der Waals surface area contributed by atoms with Crippen molar-refractivity contribution in [3.63, 3.8) is 0 Å². The van der Waals surface area contributed by atoms with Gasteiger partial charge in [0.1, 0.15) is 0 Å². The molecular weight excluding hydrogens is 315 g/mol. The predicted molar refractivity (Wildman–Crippen MR) is 85.6 cm³/mol. The molecule has 1 heterocycles. The highest BCUT2D eigenvalue weighted by Crippen LogP contribution is 2.42. The third-order valence-electron chi connectivity index (χ3n) is 4.58. The van der Waals surface area contributed by atoms with Crippen molar-refractivity contribution in [2.75, 3.05) is 6.54 Å². The summed E-state index contributed by atoms with van der Waals surface area (Å²) in [5.41, 5.74) is 1.15. The van der Waals surface area contributed by atoms with Crippen molar-refractivity contribution < 1.29 is 18.0 Å². The van der Waals surface area contributed by atoms with Gasteiger partial charge in [0, 0.05) is 24.1 Å². The van der Waals surface area contributed by atoms with E-state index in [1.165, 1.54) is 0 Å². The summed E-state index contributed by atoms with van der Waals surface area (Å²) in [6, 6.07) is 16.9. The van der Waals surface area contributed by atoms with Crippen LogP contribution in [-0.2, 0) is 0 Å². The zero-order chi connectivity index (χ0) is 17.2. The lowest BCUT2D eigenvalue weighted by Crippen LogP contribution is -2.48. The zero-order valence-electron chi connectivity index (χ0n) is 13.0. The van der Waals surface area contributed by atoms with E-state index >= 15 is 0 Å². The molecule has 0 spiro atoms. The van der Waals surface area contributed by atoms with Crippen molar-refractivity contribution in [1.29, 1.82) is 0 Å². The molecule has 3 atom stereocenters. The summed E-state index contributed by atoms with van der Waals surface area (Å²) in [6.07, 6.45) is -4.53. The van der Waals surface area contributed by atoms with Gasteiger partial charge in [0.2, 0.25) is 0 Å². The van der Waals surface area contributed by atoms with Crippen LogP contribution >= 0.6 is 0 Å². The van der Waals surface area contributed by atoms with Crippen LogP contribution in [0.25, 0.3) is 0 Å². The molecule has 1 saturated heterocycles. The maximum atomic E-state index is 13.6. The van der Waals surface area contributed by atoms with Crippen molar-refractivity contribution in [3.8, 4) is 0 Å². The van der Waals surface area contributed by atoms with Gasteiger partial charge in [0.25, 0.3) is 0 Å². The van der Waals surface area contributed by atoms with E-state index in [1.54, 1.807) is 42.5 Å². The van der Waals surface area contributed by atoms with Gasteiger partial charge in [0.05, 0.1) is 5.92 Å². The number of carbonyl (C=O) groups is 1. The number of benzene rings is 2. The van der Waals surface area contributed by atoms with Crippen LogP contribution in [0.2, 0.25) is 0 Å². The van der Waals surface area contributed by atoms with E-state index in [0.717, 1.165) is 5.56 Å². The second-order valence-electron chi connectivity index (χ2n) is 6.09. The summed E-state index contributed by atoms with van der Waals surface area (Å²) in [7, 11) is 0. The minimum Gasteiger partial charge on any atom is -0.309 e. The zero-order valence-corrected chi connectivity index (χ0v) is 13.0. The molecule has 1 N–H and O–H groups in total. The minimum absolute atomic E-state index is 0.0253. The number of carbonyl (C=O) groups excluding carboxylic acids is 1. The third-order valence-corrected chi connectivity index (χ3v) is 4.58. The van der Waals surface area contributed by atoms with Gasteiger partial charge in [-0.25, -0.2) is 0 Å². The number of Topliss-reactive ketones (excluding diaryl/α,β-unsaturated/α-hetero) is 1. The SMILES string of the molecule is O=C(c1ccccc1)[C@H]1CNC(c2ccccc2)C[C@@H]1C(F)(F)F. The molecule has 126 valence electrons. The Morgan fingerprint density at radius 2 is 1.54 bits per heavy atom. The summed E-state index contributed by atoms with van der Waals surface area (Å²) in [5.74, 6) is -3.18. The highest BCUT2D eigenvalue weighted by atomic mass is 19.4. The summed E-state index contributed by atoms with van der Waals surface area (Å²) in [5, 5.41) is 3.12. The molecule has 2 aromatic carbocycles. The molecular formula is C19H18F3NO. The Morgan fingerprint density at radius 3 is 2.12 bits per heavy atom. The highest BCUT2D eigenvalue weighted by Gasteiger charge is 2.50. The van der Waals surface area contributed by atoms with Crippen molar-refractivity contribution in [2.45, 2.75) is 18.6 Å². The number of hydrogen-bond acceptors (Lipinski definition) is 2. The van der Waals surface area contributed by atoms with Crippen LogP contribution in [0.5, 0.6) is 0 Å². The lowest BCUT2D eigenvalue weighted by atomic mass is 9.77. The number of hydrogen-bond donors (Lipinski definition) is 1. The standard InChI is InChI=1S/C19H18F3NO/c20-19(21,22)16-11-17(13-7-3-1-4-8-13)23-12-15(16)18(24)14-9-5-2-6-10-14/h1-10,15-17,23H,11-12H2/t15-,16-,17?/m0/s1. The molecule has 0 saturated carbocycles. The van der Waals surface area contributed by atoms with Crippen LogP contribution in [0.3, 0.4) is 0 Å². The van der Waals surface area contributed by atoms with Gasteiger partial charge in [-0.05, 0) is 12.0 Å². The first-order valence-electron chi connectivity index (χ1n) is 7.91. The second-order valence-corrected chi connectivity index (χ2v) is 6.09. The Morgan fingerprint density at radius 1 is 0.958 bits per heavy atom. The predicted octanol–water partition coefficient (Wildman–Crippen LogP) is 4.40. The molecule has 3 rings (SSSR count). The van der Waals surface area contributed by atoms with E-state index < -0.39 is 29.8 Å². The summed E-state index contributed by atoms with van der Waals surface area (Å²) in [6.45, 7) is 0.0253. The average molecular weight is 333 g/mol. The van der Waals surface area contributed by atoms with E-state index in [1.807, 2.05) is 18.2 Å². The van der Waals surface area contributed by atoms with Crippen molar-refractivity contribution in [1.82, 2.24) is 5.32 Å². The van der Waals surface area contributed by atoms with E-state index in [-0.39, 0.29) is 13.0 Å². The molecule has 2 aromatic rings. The summed E-state index contributed by atoms with van der Waals surface area (Å²) < 4.78 is 40.7. The molecule has 5 heteroatoms. The number of halogens is 3. The highest BCUT2D eigenvalue weighted by molar-refractivity contribution is 5.98. The van der Waals surface area contributed by atoms with Crippen LogP contribution < -0.4 is 5.32 Å². The molecule has 0 aromatic heterocycles. The van der Waals surface area contributed by atoms with E-state index in [4.69, 9.17) is 0 Å². The fourth-order valence-electron chi connectivity index (χ4n) is 3.31. The van der Waals surface area contributed by atoms with Gasteiger partial charge in [-0.2, -0.15) is 13.2 Å². The quantitative estimate of drug-likeness (QED) is 0.844. The number of rotatable bonds is 3. The number of alkyl halides is 3. The fraction of sp³-hybridized carbons (Fsp3) is 0.316. The van der Waals surface area contributed by atoms with E-state index in [9.17, 15) is 18.0 Å². The first kappa shape index (κ1) is 16.7. The molecule has 0 amide bonds. The van der Waals surface area contributed by atoms with Crippen molar-refractivity contribution >= 4 is 5.78 Å². The third kappa shape index (κ3) is 3.51. The molecule has 0 aliphatic carbocycles. The largest absolute Gasteiger partial charge is 0.392 e. The van der Waals surface area contributed by atoms with E-state index in [2.05, 4.69) is 5.32 Å². The molecule has 1 fully saturated rings. The molecule has 1 unspecified atom stereocenters. The lowest BCUT2D eigenvalue weighted by molar-refractivity contribution is -0.192. The number of nitrogens with one attached hydrogen (secondary N) is 1. The normalized spacial score (nSPS) is 24.5. The minimum atomic E-state index is -4.40. The average Bonchev–Trinajstić information content (AvgIpc) is 2.61. The van der Waals surface area contributed by atoms with Crippen LogP contribution in [0, 0.1) is 11.8 Å². The van der Waals surface area contributed by atoms with Crippen LogP contribution in [-0.4, -0.2) is 18.5 Å². The lowest BCUT2D eigenvalue weighted by Gasteiger charge is -2.37. The molecule has 24 heavy (non-hydrogen) atoms. The Hall–Kier alpha value is -2.14. The monoisotopic (exact) mass is 333 g/mol. The molecule has 0 radical (unpaired) electrons.